The lowest BCUT2D eigenvalue weighted by Gasteiger charge is -2.46. The van der Waals surface area contributed by atoms with Crippen LogP contribution in [-0.4, -0.2) is 0 Å². The zero-order chi connectivity index (χ0) is 17.6. The first-order chi connectivity index (χ1) is 10.0. The van der Waals surface area contributed by atoms with E-state index in [2.05, 4.69) is 67.5 Å². The lowest BCUT2D eigenvalue weighted by Crippen LogP contribution is -2.44. The summed E-state index contributed by atoms with van der Waals surface area (Å²) >= 11 is 0. The molecular formula is C20H36N2. The molecule has 0 aliphatic heterocycles. The van der Waals surface area contributed by atoms with Crippen LogP contribution in [0.25, 0.3) is 0 Å². The van der Waals surface area contributed by atoms with Gasteiger partial charge >= 0.3 is 0 Å². The largest absolute Gasteiger partial charge is 0.198 e. The Kier molecular flexibility index (Phi) is 8.17. The Hall–Kier alpha value is -1.02. The molecular weight excluding hydrogens is 268 g/mol. The molecule has 0 saturated heterocycles. The van der Waals surface area contributed by atoms with Crippen LogP contribution in [0.1, 0.15) is 81.1 Å². The van der Waals surface area contributed by atoms with E-state index in [0.29, 0.717) is 23.7 Å². The molecule has 0 N–H and O–H groups in total. The van der Waals surface area contributed by atoms with Gasteiger partial charge in [0.1, 0.15) is 0 Å². The molecule has 126 valence electrons. The number of rotatable bonds is 9. The fourth-order valence-electron chi connectivity index (χ4n) is 4.13. The second-order valence-electron chi connectivity index (χ2n) is 8.78. The molecule has 2 heteroatoms. The van der Waals surface area contributed by atoms with Gasteiger partial charge in [-0.25, -0.2) is 0 Å². The van der Waals surface area contributed by atoms with Gasteiger partial charge in [-0.05, 0) is 49.4 Å². The van der Waals surface area contributed by atoms with E-state index in [1.54, 1.807) is 0 Å². The monoisotopic (exact) mass is 304 g/mol. The van der Waals surface area contributed by atoms with Crippen LogP contribution >= 0.6 is 0 Å². The maximum absolute atomic E-state index is 10.2. The van der Waals surface area contributed by atoms with Crippen molar-refractivity contribution in [3.8, 4) is 12.1 Å². The van der Waals surface area contributed by atoms with Crippen molar-refractivity contribution in [1.82, 2.24) is 0 Å². The van der Waals surface area contributed by atoms with Crippen LogP contribution in [0.15, 0.2) is 0 Å². The Balaban J connectivity index is 6.12. The highest BCUT2D eigenvalue weighted by atomic mass is 14.6. The normalized spacial score (nSPS) is 13.0. The van der Waals surface area contributed by atoms with Gasteiger partial charge < -0.3 is 0 Å². The highest BCUT2D eigenvalue weighted by Crippen LogP contribution is 2.54. The molecule has 0 unspecified atom stereocenters. The smallest absolute Gasteiger partial charge is 0.0765 e. The van der Waals surface area contributed by atoms with Crippen LogP contribution in [0.3, 0.4) is 0 Å². The van der Waals surface area contributed by atoms with Crippen molar-refractivity contribution in [2.75, 3.05) is 0 Å². The molecule has 0 heterocycles. The van der Waals surface area contributed by atoms with Gasteiger partial charge in [0.05, 0.1) is 23.0 Å². The van der Waals surface area contributed by atoms with E-state index < -0.39 is 10.8 Å². The van der Waals surface area contributed by atoms with Gasteiger partial charge in [-0.1, -0.05) is 55.4 Å². The van der Waals surface area contributed by atoms with Crippen molar-refractivity contribution < 1.29 is 0 Å². The van der Waals surface area contributed by atoms with Gasteiger partial charge in [0, 0.05) is 0 Å². The second kappa shape index (κ2) is 8.57. The lowest BCUT2D eigenvalue weighted by atomic mass is 9.53. The molecule has 0 aromatic heterocycles. The van der Waals surface area contributed by atoms with Crippen LogP contribution in [0, 0.1) is 57.2 Å². The maximum Gasteiger partial charge on any atom is 0.0765 e. The van der Waals surface area contributed by atoms with E-state index in [4.69, 9.17) is 0 Å². The van der Waals surface area contributed by atoms with Crippen molar-refractivity contribution in [2.45, 2.75) is 81.1 Å². The maximum atomic E-state index is 10.2. The molecule has 0 rings (SSSR count). The first-order valence-electron chi connectivity index (χ1n) is 8.86. The van der Waals surface area contributed by atoms with Crippen LogP contribution in [0.4, 0.5) is 0 Å². The number of hydrogen-bond donors (Lipinski definition) is 0. The van der Waals surface area contributed by atoms with Gasteiger partial charge in [0.2, 0.25) is 0 Å². The zero-order valence-corrected chi connectivity index (χ0v) is 16.0. The molecule has 0 aromatic carbocycles. The highest BCUT2D eigenvalue weighted by Gasteiger charge is 2.52. The minimum Gasteiger partial charge on any atom is -0.198 e. The predicted molar refractivity (Wildman–Crippen MR) is 93.9 cm³/mol. The van der Waals surface area contributed by atoms with Gasteiger partial charge in [-0.2, -0.15) is 10.5 Å². The molecule has 0 aromatic rings. The fraction of sp³-hybridized carbons (Fsp3) is 0.900. The van der Waals surface area contributed by atoms with Gasteiger partial charge in [-0.15, -0.1) is 0 Å². The Labute approximate surface area is 138 Å². The van der Waals surface area contributed by atoms with Crippen LogP contribution < -0.4 is 0 Å². The summed E-state index contributed by atoms with van der Waals surface area (Å²) in [5.41, 5.74) is -1.09. The minimum atomic E-state index is -0.543. The average Bonchev–Trinajstić information content (AvgIpc) is 2.34. The van der Waals surface area contributed by atoms with Gasteiger partial charge in [0.25, 0.3) is 0 Å². The summed E-state index contributed by atoms with van der Waals surface area (Å²) in [6, 6.07) is 5.32. The third-order valence-corrected chi connectivity index (χ3v) is 4.37. The summed E-state index contributed by atoms with van der Waals surface area (Å²) in [4.78, 5) is 0. The SMILES string of the molecule is CC(C)CC(C#N)(CC(C)C)C(C#N)(CC(C)C)CC(C)C. The summed E-state index contributed by atoms with van der Waals surface area (Å²) in [6.07, 6.45) is 3.26. The number of nitriles is 2. The minimum absolute atomic E-state index is 0.422. The topological polar surface area (TPSA) is 47.6 Å². The Morgan fingerprint density at radius 1 is 0.545 bits per heavy atom. The highest BCUT2D eigenvalue weighted by molar-refractivity contribution is 5.19. The van der Waals surface area contributed by atoms with E-state index in [-0.39, 0.29) is 0 Å². The molecule has 0 spiro atoms. The average molecular weight is 305 g/mol. The van der Waals surface area contributed by atoms with Crippen molar-refractivity contribution in [2.24, 2.45) is 34.5 Å². The quantitative estimate of drug-likeness (QED) is 0.509. The summed E-state index contributed by atoms with van der Waals surface area (Å²) in [5, 5.41) is 20.3. The first kappa shape index (κ1) is 21.0. The van der Waals surface area contributed by atoms with E-state index in [9.17, 15) is 10.5 Å². The molecule has 0 atom stereocenters. The summed E-state index contributed by atoms with van der Waals surface area (Å²) in [6.45, 7) is 17.3. The van der Waals surface area contributed by atoms with E-state index >= 15 is 0 Å². The standard InChI is InChI=1S/C20H36N2/c1-15(2)9-19(13-21,10-16(3)4)20(14-22,11-17(5)6)12-18(7)8/h15-18H,9-12H2,1-8H3. The Morgan fingerprint density at radius 3 is 0.818 bits per heavy atom. The van der Waals surface area contributed by atoms with Crippen molar-refractivity contribution in [3.63, 3.8) is 0 Å². The van der Waals surface area contributed by atoms with Gasteiger partial charge in [0.15, 0.2) is 0 Å². The summed E-state index contributed by atoms with van der Waals surface area (Å²) < 4.78 is 0. The van der Waals surface area contributed by atoms with E-state index in [1.807, 2.05) is 0 Å². The van der Waals surface area contributed by atoms with Crippen molar-refractivity contribution in [3.05, 3.63) is 0 Å². The Morgan fingerprint density at radius 2 is 0.727 bits per heavy atom. The first-order valence-corrected chi connectivity index (χ1v) is 8.86. The third-order valence-electron chi connectivity index (χ3n) is 4.37. The van der Waals surface area contributed by atoms with Crippen molar-refractivity contribution >= 4 is 0 Å². The van der Waals surface area contributed by atoms with Crippen LogP contribution in [0.2, 0.25) is 0 Å². The van der Waals surface area contributed by atoms with E-state index in [0.717, 1.165) is 25.7 Å². The van der Waals surface area contributed by atoms with Crippen molar-refractivity contribution in [1.29, 1.82) is 10.5 Å². The Bertz CT molecular complexity index is 344. The molecule has 0 amide bonds. The second-order valence-corrected chi connectivity index (χ2v) is 8.78. The summed E-state index contributed by atoms with van der Waals surface area (Å²) in [7, 11) is 0. The number of nitrogens with zero attached hydrogens (tertiary/aromatic N) is 2. The molecule has 22 heavy (non-hydrogen) atoms. The predicted octanol–water partition coefficient (Wildman–Crippen LogP) is 6.19. The fourth-order valence-corrected chi connectivity index (χ4v) is 4.13. The molecule has 0 saturated carbocycles. The van der Waals surface area contributed by atoms with Gasteiger partial charge in [-0.3, -0.25) is 0 Å². The molecule has 2 nitrogen and oxygen atoms in total. The van der Waals surface area contributed by atoms with Crippen LogP contribution in [0.5, 0.6) is 0 Å². The zero-order valence-electron chi connectivity index (χ0n) is 16.0. The molecule has 0 fully saturated rings. The molecule has 0 aliphatic rings. The molecule has 0 radical (unpaired) electrons. The van der Waals surface area contributed by atoms with Crippen LogP contribution in [-0.2, 0) is 0 Å². The molecule has 0 bridgehead atoms. The summed E-state index contributed by atoms with van der Waals surface area (Å²) in [5.74, 6) is 1.69. The molecule has 0 aliphatic carbocycles. The third kappa shape index (κ3) is 5.31. The number of hydrogen-bond acceptors (Lipinski definition) is 2. The lowest BCUT2D eigenvalue weighted by molar-refractivity contribution is 0.0546. The van der Waals surface area contributed by atoms with E-state index in [1.165, 1.54) is 0 Å².